The Kier molecular flexibility index (Phi) is 4.58. The SMILES string of the molecule is CCCCC(NCc1ccc2occc2c1)C(=O)O. The van der Waals surface area contributed by atoms with Crippen molar-refractivity contribution < 1.29 is 14.3 Å². The molecule has 0 aliphatic carbocycles. The Bertz CT molecular complexity index is 547. The Balaban J connectivity index is 1.97. The van der Waals surface area contributed by atoms with Gasteiger partial charge in [0.2, 0.25) is 0 Å². The van der Waals surface area contributed by atoms with E-state index in [1.165, 1.54) is 0 Å². The van der Waals surface area contributed by atoms with E-state index in [1.807, 2.05) is 24.3 Å². The summed E-state index contributed by atoms with van der Waals surface area (Å²) in [6.07, 6.45) is 4.25. The molecule has 0 saturated carbocycles. The van der Waals surface area contributed by atoms with E-state index in [9.17, 15) is 4.79 Å². The van der Waals surface area contributed by atoms with Crippen molar-refractivity contribution in [1.82, 2.24) is 5.32 Å². The third-order valence-corrected chi connectivity index (χ3v) is 3.21. The minimum atomic E-state index is -0.780. The number of rotatable bonds is 7. The summed E-state index contributed by atoms with van der Waals surface area (Å²) in [5.41, 5.74) is 1.92. The van der Waals surface area contributed by atoms with Gasteiger partial charge in [-0.25, -0.2) is 0 Å². The molecule has 1 atom stereocenters. The van der Waals surface area contributed by atoms with Crippen LogP contribution in [0.25, 0.3) is 11.0 Å². The minimum Gasteiger partial charge on any atom is -0.480 e. The number of carboxylic acids is 1. The highest BCUT2D eigenvalue weighted by atomic mass is 16.4. The van der Waals surface area contributed by atoms with Crippen LogP contribution in [0.4, 0.5) is 0 Å². The quantitative estimate of drug-likeness (QED) is 0.803. The molecule has 0 bridgehead atoms. The molecule has 4 heteroatoms. The van der Waals surface area contributed by atoms with Crippen molar-refractivity contribution in [2.45, 2.75) is 38.8 Å². The van der Waals surface area contributed by atoms with E-state index >= 15 is 0 Å². The number of nitrogens with one attached hydrogen (secondary N) is 1. The molecule has 19 heavy (non-hydrogen) atoms. The van der Waals surface area contributed by atoms with Gasteiger partial charge in [-0.3, -0.25) is 4.79 Å². The number of benzene rings is 1. The molecule has 2 rings (SSSR count). The van der Waals surface area contributed by atoms with Gasteiger partial charge in [-0.1, -0.05) is 25.8 Å². The topological polar surface area (TPSA) is 62.5 Å². The summed E-state index contributed by atoms with van der Waals surface area (Å²) in [5.74, 6) is -0.780. The summed E-state index contributed by atoms with van der Waals surface area (Å²) >= 11 is 0. The molecule has 4 nitrogen and oxygen atoms in total. The number of hydrogen-bond acceptors (Lipinski definition) is 3. The lowest BCUT2D eigenvalue weighted by Crippen LogP contribution is -2.36. The fourth-order valence-corrected chi connectivity index (χ4v) is 2.09. The van der Waals surface area contributed by atoms with Gasteiger partial charge < -0.3 is 14.8 Å². The van der Waals surface area contributed by atoms with Crippen LogP contribution in [0.1, 0.15) is 31.7 Å². The minimum absolute atomic E-state index is 0.472. The Hall–Kier alpha value is -1.81. The molecule has 1 aromatic heterocycles. The summed E-state index contributed by atoms with van der Waals surface area (Å²) in [7, 11) is 0. The number of fused-ring (bicyclic) bond motifs is 1. The third kappa shape index (κ3) is 3.58. The summed E-state index contributed by atoms with van der Waals surface area (Å²) in [5, 5.41) is 13.3. The van der Waals surface area contributed by atoms with Crippen LogP contribution in [0.5, 0.6) is 0 Å². The van der Waals surface area contributed by atoms with E-state index in [-0.39, 0.29) is 0 Å². The van der Waals surface area contributed by atoms with Gasteiger partial charge in [0.05, 0.1) is 6.26 Å². The molecule has 1 unspecified atom stereocenters. The normalized spacial score (nSPS) is 12.7. The van der Waals surface area contributed by atoms with Crippen molar-refractivity contribution in [3.63, 3.8) is 0 Å². The molecule has 1 aromatic carbocycles. The van der Waals surface area contributed by atoms with Gasteiger partial charge in [0, 0.05) is 11.9 Å². The average Bonchev–Trinajstić information content (AvgIpc) is 2.85. The highest BCUT2D eigenvalue weighted by Gasteiger charge is 2.15. The summed E-state index contributed by atoms with van der Waals surface area (Å²) in [4.78, 5) is 11.1. The lowest BCUT2D eigenvalue weighted by molar-refractivity contribution is -0.139. The first-order valence-corrected chi connectivity index (χ1v) is 6.63. The van der Waals surface area contributed by atoms with E-state index in [1.54, 1.807) is 6.26 Å². The average molecular weight is 261 g/mol. The van der Waals surface area contributed by atoms with Crippen molar-refractivity contribution in [2.24, 2.45) is 0 Å². The summed E-state index contributed by atoms with van der Waals surface area (Å²) in [6.45, 7) is 2.62. The van der Waals surface area contributed by atoms with Gasteiger partial charge >= 0.3 is 5.97 Å². The zero-order valence-electron chi connectivity index (χ0n) is 11.1. The maximum atomic E-state index is 11.1. The Morgan fingerprint density at radius 2 is 2.26 bits per heavy atom. The number of carboxylic acid groups (broad SMARTS) is 1. The maximum absolute atomic E-state index is 11.1. The van der Waals surface area contributed by atoms with Crippen LogP contribution in [0.2, 0.25) is 0 Å². The first-order chi connectivity index (χ1) is 9.20. The molecule has 0 radical (unpaired) electrons. The molecule has 0 aliphatic heterocycles. The third-order valence-electron chi connectivity index (χ3n) is 3.21. The van der Waals surface area contributed by atoms with Crippen LogP contribution in [0.3, 0.4) is 0 Å². The largest absolute Gasteiger partial charge is 0.480 e. The van der Waals surface area contributed by atoms with Crippen LogP contribution < -0.4 is 5.32 Å². The van der Waals surface area contributed by atoms with Crippen molar-refractivity contribution in [3.8, 4) is 0 Å². The molecular formula is C15H19NO3. The molecule has 0 spiro atoms. The van der Waals surface area contributed by atoms with Crippen LogP contribution in [-0.4, -0.2) is 17.1 Å². The lowest BCUT2D eigenvalue weighted by atomic mass is 10.1. The van der Waals surface area contributed by atoms with Crippen molar-refractivity contribution in [3.05, 3.63) is 36.1 Å². The van der Waals surface area contributed by atoms with Gasteiger partial charge in [0.1, 0.15) is 11.6 Å². The van der Waals surface area contributed by atoms with E-state index in [4.69, 9.17) is 9.52 Å². The number of carbonyl (C=O) groups is 1. The van der Waals surface area contributed by atoms with Gasteiger partial charge in [-0.15, -0.1) is 0 Å². The van der Waals surface area contributed by atoms with E-state index in [0.29, 0.717) is 13.0 Å². The predicted molar refractivity (Wildman–Crippen MR) is 74.0 cm³/mol. The second-order valence-electron chi connectivity index (χ2n) is 4.71. The van der Waals surface area contributed by atoms with Gasteiger partial charge in [-0.05, 0) is 30.2 Å². The van der Waals surface area contributed by atoms with Crippen molar-refractivity contribution >= 4 is 16.9 Å². The second-order valence-corrected chi connectivity index (χ2v) is 4.71. The summed E-state index contributed by atoms with van der Waals surface area (Å²) < 4.78 is 5.28. The smallest absolute Gasteiger partial charge is 0.320 e. The Morgan fingerprint density at radius 1 is 1.42 bits per heavy atom. The van der Waals surface area contributed by atoms with Crippen LogP contribution in [0.15, 0.2) is 34.9 Å². The first kappa shape index (κ1) is 13.6. The van der Waals surface area contributed by atoms with Gasteiger partial charge in [-0.2, -0.15) is 0 Å². The Morgan fingerprint density at radius 3 is 3.00 bits per heavy atom. The molecular weight excluding hydrogens is 242 g/mol. The lowest BCUT2D eigenvalue weighted by Gasteiger charge is -2.14. The molecule has 1 heterocycles. The zero-order valence-corrected chi connectivity index (χ0v) is 11.1. The summed E-state index contributed by atoms with van der Waals surface area (Å²) in [6, 6.07) is 7.32. The first-order valence-electron chi connectivity index (χ1n) is 6.63. The van der Waals surface area contributed by atoms with E-state index < -0.39 is 12.0 Å². The molecule has 0 fully saturated rings. The molecule has 2 N–H and O–H groups in total. The van der Waals surface area contributed by atoms with E-state index in [2.05, 4.69) is 12.2 Å². The van der Waals surface area contributed by atoms with Gasteiger partial charge in [0.25, 0.3) is 0 Å². The molecule has 2 aromatic rings. The highest BCUT2D eigenvalue weighted by molar-refractivity contribution is 5.77. The number of furan rings is 1. The fraction of sp³-hybridized carbons (Fsp3) is 0.400. The van der Waals surface area contributed by atoms with Crippen LogP contribution in [-0.2, 0) is 11.3 Å². The van der Waals surface area contributed by atoms with Gasteiger partial charge in [0.15, 0.2) is 0 Å². The number of hydrogen-bond donors (Lipinski definition) is 2. The highest BCUT2D eigenvalue weighted by Crippen LogP contribution is 2.17. The maximum Gasteiger partial charge on any atom is 0.320 e. The van der Waals surface area contributed by atoms with Crippen LogP contribution in [0, 0.1) is 0 Å². The van der Waals surface area contributed by atoms with Crippen molar-refractivity contribution in [2.75, 3.05) is 0 Å². The number of unbranched alkanes of at least 4 members (excludes halogenated alkanes) is 1. The predicted octanol–water partition coefficient (Wildman–Crippen LogP) is 3.17. The molecule has 0 saturated heterocycles. The second kappa shape index (κ2) is 6.38. The molecule has 102 valence electrons. The molecule has 0 aliphatic rings. The zero-order chi connectivity index (χ0) is 13.7. The Labute approximate surface area is 112 Å². The number of aliphatic carboxylic acids is 1. The monoisotopic (exact) mass is 261 g/mol. The van der Waals surface area contributed by atoms with Crippen molar-refractivity contribution in [1.29, 1.82) is 0 Å². The van der Waals surface area contributed by atoms with Crippen LogP contribution >= 0.6 is 0 Å². The standard InChI is InChI=1S/C15H19NO3/c1-2-3-4-13(15(17)18)16-10-11-5-6-14-12(9-11)7-8-19-14/h5-9,13,16H,2-4,10H2,1H3,(H,17,18). The van der Waals surface area contributed by atoms with E-state index in [0.717, 1.165) is 29.4 Å². The molecule has 0 amide bonds. The fourth-order valence-electron chi connectivity index (χ4n) is 2.09.